The third-order valence-electron chi connectivity index (χ3n) is 4.00. The Kier molecular flexibility index (Phi) is 1.24. The minimum absolute atomic E-state index is 0.883. The summed E-state index contributed by atoms with van der Waals surface area (Å²) in [6.07, 6.45) is 7.29. The average molecular weight is 166 g/mol. The van der Waals surface area contributed by atoms with E-state index >= 15 is 0 Å². The van der Waals surface area contributed by atoms with Crippen LogP contribution in [0.5, 0.6) is 0 Å². The Morgan fingerprint density at radius 2 is 1.82 bits per heavy atom. The Hall–Kier alpha value is 0.0900. The maximum Gasteiger partial charge on any atom is -0.00350 e. The molecule has 3 fully saturated rings. The second-order valence-electron chi connectivity index (χ2n) is 4.71. The molecule has 4 atom stereocenters. The Morgan fingerprint density at radius 3 is 2.73 bits per heavy atom. The number of rotatable bonds is 0. The molecule has 0 aromatic rings. The second kappa shape index (κ2) is 2.07. The summed E-state index contributed by atoms with van der Waals surface area (Å²) in [4.78, 5) is 1.44. The van der Waals surface area contributed by atoms with Gasteiger partial charge in [-0.1, -0.05) is 12.2 Å². The van der Waals surface area contributed by atoms with Gasteiger partial charge in [-0.05, 0) is 60.6 Å². The van der Waals surface area contributed by atoms with Gasteiger partial charge in [-0.2, -0.15) is 0 Å². The summed E-state index contributed by atoms with van der Waals surface area (Å²) in [7, 11) is 0. The molecule has 3 saturated carbocycles. The van der Waals surface area contributed by atoms with E-state index in [4.69, 9.17) is 12.2 Å². The van der Waals surface area contributed by atoms with Crippen molar-refractivity contribution in [3.8, 4) is 0 Å². The third kappa shape index (κ3) is 0.837. The van der Waals surface area contributed by atoms with Gasteiger partial charge in [0.15, 0.2) is 0 Å². The lowest BCUT2D eigenvalue weighted by Gasteiger charge is -2.34. The zero-order valence-electron chi connectivity index (χ0n) is 6.75. The van der Waals surface area contributed by atoms with E-state index in [1.807, 2.05) is 0 Å². The largest absolute Gasteiger partial charge is 0.0894 e. The Bertz CT molecular complexity index is 207. The highest BCUT2D eigenvalue weighted by molar-refractivity contribution is 7.80. The van der Waals surface area contributed by atoms with Crippen LogP contribution in [0.25, 0.3) is 0 Å². The summed E-state index contributed by atoms with van der Waals surface area (Å²) in [5.41, 5.74) is 0. The lowest BCUT2D eigenvalue weighted by Crippen LogP contribution is -2.29. The first kappa shape index (κ1) is 6.59. The average Bonchev–Trinajstić information content (AvgIpc) is 2.19. The predicted octanol–water partition coefficient (Wildman–Crippen LogP) is 2.81. The maximum absolute atomic E-state index is 5.45. The first-order valence-corrected chi connectivity index (χ1v) is 5.26. The zero-order valence-corrected chi connectivity index (χ0v) is 7.57. The number of fused-ring (bicyclic) bond motifs is 2. The summed E-state index contributed by atoms with van der Waals surface area (Å²) in [6.45, 7) is 0. The van der Waals surface area contributed by atoms with Gasteiger partial charge < -0.3 is 0 Å². The first-order valence-electron chi connectivity index (χ1n) is 4.85. The molecule has 11 heavy (non-hydrogen) atoms. The molecule has 0 radical (unpaired) electrons. The molecule has 0 aromatic heterocycles. The van der Waals surface area contributed by atoms with Crippen LogP contribution >= 0.6 is 12.2 Å². The van der Waals surface area contributed by atoms with E-state index in [-0.39, 0.29) is 0 Å². The second-order valence-corrected chi connectivity index (χ2v) is 5.24. The van der Waals surface area contributed by atoms with Crippen LogP contribution in [-0.4, -0.2) is 4.86 Å². The van der Waals surface area contributed by atoms with Crippen molar-refractivity contribution in [2.24, 2.45) is 23.7 Å². The minimum atomic E-state index is 0.883. The normalized spacial score (nSPS) is 53.6. The fourth-order valence-electron chi connectivity index (χ4n) is 3.69. The molecule has 3 rings (SSSR count). The molecule has 0 heterocycles. The van der Waals surface area contributed by atoms with Crippen LogP contribution in [0.2, 0.25) is 0 Å². The number of hydrogen-bond acceptors (Lipinski definition) is 1. The summed E-state index contributed by atoms with van der Waals surface area (Å²) >= 11 is 5.45. The molecule has 0 N–H and O–H groups in total. The molecule has 0 saturated heterocycles. The van der Waals surface area contributed by atoms with E-state index in [1.54, 1.807) is 0 Å². The van der Waals surface area contributed by atoms with Crippen LogP contribution in [0.15, 0.2) is 0 Å². The smallest absolute Gasteiger partial charge is 0.00350 e. The monoisotopic (exact) mass is 166 g/mol. The van der Waals surface area contributed by atoms with Gasteiger partial charge in [0.05, 0.1) is 0 Å². The lowest BCUT2D eigenvalue weighted by molar-refractivity contribution is 0.244. The molecule has 0 aromatic carbocycles. The Labute approximate surface area is 73.4 Å². The van der Waals surface area contributed by atoms with Gasteiger partial charge in [0.1, 0.15) is 0 Å². The van der Waals surface area contributed by atoms with Crippen molar-refractivity contribution in [3.05, 3.63) is 0 Å². The van der Waals surface area contributed by atoms with Gasteiger partial charge in [-0.3, -0.25) is 0 Å². The van der Waals surface area contributed by atoms with Crippen LogP contribution in [0.3, 0.4) is 0 Å². The summed E-state index contributed by atoms with van der Waals surface area (Å²) in [6, 6.07) is 0. The van der Waals surface area contributed by atoms with Crippen molar-refractivity contribution in [3.63, 3.8) is 0 Å². The molecule has 3 aliphatic rings. The van der Waals surface area contributed by atoms with E-state index in [1.165, 1.54) is 37.0 Å². The molecular formula is C10H14S. The van der Waals surface area contributed by atoms with Gasteiger partial charge in [-0.25, -0.2) is 0 Å². The summed E-state index contributed by atoms with van der Waals surface area (Å²) in [5.74, 6) is 3.99. The van der Waals surface area contributed by atoms with Crippen molar-refractivity contribution in [2.45, 2.75) is 32.1 Å². The lowest BCUT2D eigenvalue weighted by atomic mass is 9.72. The first-order chi connectivity index (χ1) is 5.33. The van der Waals surface area contributed by atoms with Crippen LogP contribution in [0.1, 0.15) is 32.1 Å². The van der Waals surface area contributed by atoms with Crippen molar-refractivity contribution < 1.29 is 0 Å². The molecule has 0 nitrogen and oxygen atoms in total. The topological polar surface area (TPSA) is 0 Å². The van der Waals surface area contributed by atoms with Crippen molar-refractivity contribution in [2.75, 3.05) is 0 Å². The van der Waals surface area contributed by atoms with Crippen LogP contribution in [0.4, 0.5) is 0 Å². The molecule has 0 unspecified atom stereocenters. The Morgan fingerprint density at radius 1 is 1.00 bits per heavy atom. The van der Waals surface area contributed by atoms with Gasteiger partial charge in [0.2, 0.25) is 0 Å². The molecule has 1 heteroatoms. The van der Waals surface area contributed by atoms with Crippen molar-refractivity contribution in [1.29, 1.82) is 0 Å². The quantitative estimate of drug-likeness (QED) is 0.499. The van der Waals surface area contributed by atoms with Gasteiger partial charge in [0, 0.05) is 0 Å². The van der Waals surface area contributed by atoms with Crippen LogP contribution < -0.4 is 0 Å². The van der Waals surface area contributed by atoms with Crippen molar-refractivity contribution in [1.82, 2.24) is 0 Å². The van der Waals surface area contributed by atoms with E-state index in [0.717, 1.165) is 23.7 Å². The highest BCUT2D eigenvalue weighted by Crippen LogP contribution is 2.53. The molecule has 60 valence electrons. The SMILES string of the molecule is S=C1C[C@H]2C[C@@H]3C[C@H](C2)[C@H]1C3. The number of thiocarbonyl (C=S) groups is 1. The van der Waals surface area contributed by atoms with E-state index in [0.29, 0.717) is 0 Å². The summed E-state index contributed by atoms with van der Waals surface area (Å²) in [5, 5.41) is 0. The molecule has 0 amide bonds. The van der Waals surface area contributed by atoms with Crippen LogP contribution in [0, 0.1) is 23.7 Å². The summed E-state index contributed by atoms with van der Waals surface area (Å²) < 4.78 is 0. The molecule has 3 aliphatic carbocycles. The zero-order chi connectivity index (χ0) is 7.42. The molecule has 3 bridgehead atoms. The van der Waals surface area contributed by atoms with E-state index in [2.05, 4.69) is 0 Å². The van der Waals surface area contributed by atoms with Gasteiger partial charge in [-0.15, -0.1) is 0 Å². The maximum atomic E-state index is 5.45. The fourth-order valence-corrected chi connectivity index (χ4v) is 4.21. The van der Waals surface area contributed by atoms with E-state index < -0.39 is 0 Å². The molecular weight excluding hydrogens is 152 g/mol. The Balaban J connectivity index is 2.00. The van der Waals surface area contributed by atoms with Gasteiger partial charge >= 0.3 is 0 Å². The minimum Gasteiger partial charge on any atom is -0.0894 e. The standard InChI is InChI=1S/C10H14S/c11-10-5-7-1-6-2-8(3-7)9(10)4-6/h6-9H,1-5H2/t6-,7+,8-,9-/m1/s1. The fraction of sp³-hybridized carbons (Fsp3) is 0.900. The van der Waals surface area contributed by atoms with Crippen molar-refractivity contribution >= 4 is 17.1 Å². The van der Waals surface area contributed by atoms with E-state index in [9.17, 15) is 0 Å². The highest BCUT2D eigenvalue weighted by Gasteiger charge is 2.46. The van der Waals surface area contributed by atoms with Gasteiger partial charge in [0.25, 0.3) is 0 Å². The predicted molar refractivity (Wildman–Crippen MR) is 49.6 cm³/mol. The molecule has 0 spiro atoms. The molecule has 0 aliphatic heterocycles. The van der Waals surface area contributed by atoms with Crippen LogP contribution in [-0.2, 0) is 0 Å². The number of hydrogen-bond donors (Lipinski definition) is 0. The highest BCUT2D eigenvalue weighted by atomic mass is 32.1. The third-order valence-corrected chi connectivity index (χ3v) is 4.47.